The van der Waals surface area contributed by atoms with Crippen LogP contribution in [0, 0.1) is 5.41 Å². The normalized spacial score (nSPS) is 26.7. The maximum atomic E-state index is 12.4. The summed E-state index contributed by atoms with van der Waals surface area (Å²) in [6.45, 7) is 4.11. The van der Waals surface area contributed by atoms with E-state index in [1.165, 1.54) is 12.5 Å². The molecule has 1 fully saturated rings. The van der Waals surface area contributed by atoms with E-state index in [1.807, 2.05) is 6.92 Å². The first-order valence-electron chi connectivity index (χ1n) is 7.07. The Labute approximate surface area is 124 Å². The summed E-state index contributed by atoms with van der Waals surface area (Å²) in [7, 11) is -3.80. The molecule has 1 aliphatic rings. The highest BCUT2D eigenvalue weighted by atomic mass is 32.2. The van der Waals surface area contributed by atoms with Crippen LogP contribution in [0.5, 0.6) is 0 Å². The first-order chi connectivity index (χ1) is 9.79. The van der Waals surface area contributed by atoms with E-state index in [0.29, 0.717) is 19.4 Å². The van der Waals surface area contributed by atoms with Gasteiger partial charge in [0.05, 0.1) is 11.7 Å². The van der Waals surface area contributed by atoms with Crippen LogP contribution in [0.4, 0.5) is 0 Å². The summed E-state index contributed by atoms with van der Waals surface area (Å²) >= 11 is 0. The Morgan fingerprint density at radius 3 is 2.86 bits per heavy atom. The van der Waals surface area contributed by atoms with Crippen molar-refractivity contribution in [2.45, 2.75) is 57.1 Å². The Bertz CT molecular complexity index is 625. The Balaban J connectivity index is 2.24. The predicted octanol–water partition coefficient (Wildman–Crippen LogP) is 1.21. The Kier molecular flexibility index (Phi) is 4.38. The van der Waals surface area contributed by atoms with Crippen molar-refractivity contribution < 1.29 is 18.3 Å². The third-order valence-corrected chi connectivity index (χ3v) is 5.60. The number of sulfonamides is 1. The van der Waals surface area contributed by atoms with Crippen LogP contribution in [0.1, 0.15) is 39.5 Å². The summed E-state index contributed by atoms with van der Waals surface area (Å²) in [6, 6.07) is -0.611. The molecule has 0 spiro atoms. The molecule has 2 unspecified atom stereocenters. The summed E-state index contributed by atoms with van der Waals surface area (Å²) in [5.41, 5.74) is -1.07. The Morgan fingerprint density at radius 1 is 1.57 bits per heavy atom. The molecule has 1 aliphatic carbocycles. The van der Waals surface area contributed by atoms with Crippen LogP contribution in [0.15, 0.2) is 17.6 Å². The Hall–Kier alpha value is -1.41. The summed E-state index contributed by atoms with van der Waals surface area (Å²) < 4.78 is 28.9. The quantitative estimate of drug-likeness (QED) is 0.850. The van der Waals surface area contributed by atoms with Gasteiger partial charge in [0.15, 0.2) is 5.03 Å². The van der Waals surface area contributed by atoms with Gasteiger partial charge in [-0.05, 0) is 26.7 Å². The standard InChI is InChI=1S/C13H21N3O4S/c1-3-16-8-11(14-9-16)21(19,20)15-10-6-4-5-7-13(10,2)12(17)18/h8-10,15H,3-7H2,1-2H3,(H,17,18). The van der Waals surface area contributed by atoms with E-state index in [1.54, 1.807) is 11.5 Å². The maximum absolute atomic E-state index is 12.4. The van der Waals surface area contributed by atoms with Gasteiger partial charge in [0.25, 0.3) is 10.0 Å². The number of nitrogens with zero attached hydrogens (tertiary/aromatic N) is 2. The lowest BCUT2D eigenvalue weighted by Gasteiger charge is -2.37. The molecule has 21 heavy (non-hydrogen) atoms. The molecule has 118 valence electrons. The number of carboxylic acid groups (broad SMARTS) is 1. The second kappa shape index (κ2) is 5.76. The third kappa shape index (κ3) is 3.11. The first-order valence-corrected chi connectivity index (χ1v) is 8.55. The van der Waals surface area contributed by atoms with Gasteiger partial charge in [-0.3, -0.25) is 4.79 Å². The molecule has 2 rings (SSSR count). The number of hydrogen-bond donors (Lipinski definition) is 2. The third-order valence-electron chi connectivity index (χ3n) is 4.24. The van der Waals surface area contributed by atoms with Crippen molar-refractivity contribution in [3.63, 3.8) is 0 Å². The van der Waals surface area contributed by atoms with Gasteiger partial charge < -0.3 is 9.67 Å². The van der Waals surface area contributed by atoms with E-state index in [0.717, 1.165) is 12.8 Å². The van der Waals surface area contributed by atoms with E-state index in [9.17, 15) is 18.3 Å². The fraction of sp³-hybridized carbons (Fsp3) is 0.692. The monoisotopic (exact) mass is 315 g/mol. The van der Waals surface area contributed by atoms with Crippen molar-refractivity contribution in [2.24, 2.45) is 5.41 Å². The second-order valence-corrected chi connectivity index (χ2v) is 7.35. The van der Waals surface area contributed by atoms with E-state index in [2.05, 4.69) is 9.71 Å². The molecule has 7 nitrogen and oxygen atoms in total. The highest BCUT2D eigenvalue weighted by Gasteiger charge is 2.45. The van der Waals surface area contributed by atoms with E-state index in [-0.39, 0.29) is 5.03 Å². The highest BCUT2D eigenvalue weighted by molar-refractivity contribution is 7.89. The van der Waals surface area contributed by atoms with Gasteiger partial charge >= 0.3 is 5.97 Å². The number of aromatic nitrogens is 2. The van der Waals surface area contributed by atoms with Crippen LogP contribution < -0.4 is 4.72 Å². The van der Waals surface area contributed by atoms with E-state index in [4.69, 9.17) is 0 Å². The zero-order valence-electron chi connectivity index (χ0n) is 12.2. The average molecular weight is 315 g/mol. The summed E-state index contributed by atoms with van der Waals surface area (Å²) in [4.78, 5) is 15.4. The number of carboxylic acids is 1. The van der Waals surface area contributed by atoms with Crippen molar-refractivity contribution >= 4 is 16.0 Å². The van der Waals surface area contributed by atoms with Gasteiger partial charge in [0.2, 0.25) is 0 Å². The van der Waals surface area contributed by atoms with Gasteiger partial charge in [0, 0.05) is 18.8 Å². The van der Waals surface area contributed by atoms with Crippen molar-refractivity contribution in [3.05, 3.63) is 12.5 Å². The van der Waals surface area contributed by atoms with Crippen molar-refractivity contribution in [3.8, 4) is 0 Å². The van der Waals surface area contributed by atoms with Gasteiger partial charge in [-0.2, -0.15) is 0 Å². The largest absolute Gasteiger partial charge is 0.481 e. The minimum absolute atomic E-state index is 0.0670. The van der Waals surface area contributed by atoms with Crippen LogP contribution >= 0.6 is 0 Å². The summed E-state index contributed by atoms with van der Waals surface area (Å²) in [5, 5.41) is 9.36. The molecule has 2 atom stereocenters. The number of rotatable bonds is 5. The fourth-order valence-electron chi connectivity index (χ4n) is 2.68. The van der Waals surface area contributed by atoms with E-state index < -0.39 is 27.4 Å². The van der Waals surface area contributed by atoms with Crippen LogP contribution in [0.3, 0.4) is 0 Å². The fourth-order valence-corrected chi connectivity index (χ4v) is 4.01. The first kappa shape index (κ1) is 16.0. The van der Waals surface area contributed by atoms with Gasteiger partial charge in [-0.1, -0.05) is 12.8 Å². The zero-order chi connectivity index (χ0) is 15.7. The molecule has 1 heterocycles. The zero-order valence-corrected chi connectivity index (χ0v) is 13.1. The Morgan fingerprint density at radius 2 is 2.29 bits per heavy atom. The molecule has 1 aromatic heterocycles. The molecule has 1 aromatic rings. The van der Waals surface area contributed by atoms with Crippen LogP contribution in [0.25, 0.3) is 0 Å². The van der Waals surface area contributed by atoms with Crippen LogP contribution in [0.2, 0.25) is 0 Å². The molecule has 0 aromatic carbocycles. The number of aliphatic carboxylic acids is 1. The van der Waals surface area contributed by atoms with E-state index >= 15 is 0 Å². The molecule has 1 saturated carbocycles. The molecule has 0 bridgehead atoms. The number of nitrogens with one attached hydrogen (secondary N) is 1. The second-order valence-electron chi connectivity index (χ2n) is 5.68. The summed E-state index contributed by atoms with van der Waals surface area (Å²) in [6.07, 6.45) is 5.51. The minimum atomic E-state index is -3.80. The topological polar surface area (TPSA) is 101 Å². The number of aryl methyl sites for hydroxylation is 1. The molecule has 0 radical (unpaired) electrons. The lowest BCUT2D eigenvalue weighted by atomic mass is 9.72. The molecular weight excluding hydrogens is 294 g/mol. The number of imidazole rings is 1. The lowest BCUT2D eigenvalue weighted by molar-refractivity contribution is -0.151. The SMILES string of the molecule is CCn1cnc(S(=O)(=O)NC2CCCCC2(C)C(=O)O)c1. The molecule has 0 aliphatic heterocycles. The lowest BCUT2D eigenvalue weighted by Crippen LogP contribution is -2.52. The number of carbonyl (C=O) groups is 1. The van der Waals surface area contributed by atoms with Crippen LogP contribution in [-0.2, 0) is 21.4 Å². The smallest absolute Gasteiger partial charge is 0.310 e. The molecule has 2 N–H and O–H groups in total. The molecule has 0 saturated heterocycles. The van der Waals surface area contributed by atoms with Gasteiger partial charge in [-0.15, -0.1) is 0 Å². The number of hydrogen-bond acceptors (Lipinski definition) is 4. The minimum Gasteiger partial charge on any atom is -0.481 e. The maximum Gasteiger partial charge on any atom is 0.310 e. The summed E-state index contributed by atoms with van der Waals surface area (Å²) in [5.74, 6) is -0.964. The van der Waals surface area contributed by atoms with Crippen molar-refractivity contribution in [1.82, 2.24) is 14.3 Å². The molecule has 0 amide bonds. The van der Waals surface area contributed by atoms with Gasteiger partial charge in [0.1, 0.15) is 0 Å². The van der Waals surface area contributed by atoms with Crippen LogP contribution in [-0.4, -0.2) is 35.1 Å². The van der Waals surface area contributed by atoms with Gasteiger partial charge in [-0.25, -0.2) is 18.1 Å². The molecular formula is C13H21N3O4S. The highest BCUT2D eigenvalue weighted by Crippen LogP contribution is 2.37. The molecule has 8 heteroatoms. The van der Waals surface area contributed by atoms with Crippen molar-refractivity contribution in [2.75, 3.05) is 0 Å². The predicted molar refractivity (Wildman–Crippen MR) is 76.2 cm³/mol. The van der Waals surface area contributed by atoms with Crippen molar-refractivity contribution in [1.29, 1.82) is 0 Å². The average Bonchev–Trinajstić information content (AvgIpc) is 2.91.